The molecule has 0 atom stereocenters. The second-order valence-corrected chi connectivity index (χ2v) is 8.34. The van der Waals surface area contributed by atoms with Gasteiger partial charge in [0, 0.05) is 30.8 Å². The minimum atomic E-state index is -0.204. The molecule has 2 aromatic carbocycles. The van der Waals surface area contributed by atoms with Gasteiger partial charge in [0.2, 0.25) is 5.91 Å². The van der Waals surface area contributed by atoms with Gasteiger partial charge in [-0.15, -0.1) is 0 Å². The highest BCUT2D eigenvalue weighted by Crippen LogP contribution is 2.29. The van der Waals surface area contributed by atoms with Crippen LogP contribution in [0.3, 0.4) is 0 Å². The molecule has 6 heteroatoms. The average Bonchev–Trinajstić information content (AvgIpc) is 2.67. The first-order valence-corrected chi connectivity index (χ1v) is 10.3. The molecular formula is C22H24Cl2N2O2. The molecule has 1 heterocycles. The monoisotopic (exact) mass is 418 g/mol. The van der Waals surface area contributed by atoms with Gasteiger partial charge >= 0.3 is 0 Å². The highest BCUT2D eigenvalue weighted by molar-refractivity contribution is 6.42. The van der Waals surface area contributed by atoms with E-state index in [-0.39, 0.29) is 11.8 Å². The fraction of sp³-hybridized carbons (Fsp3) is 0.364. The lowest BCUT2D eigenvalue weighted by molar-refractivity contribution is -0.119. The maximum absolute atomic E-state index is 12.5. The third kappa shape index (κ3) is 4.86. The number of hydrogen-bond donors (Lipinski definition) is 1. The standard InChI is InChI=1S/C22H24Cl2N2O2/c1-14(2)10-21(27)26-9-3-4-16-11-15(5-8-20(16)26)13-25-22(28)17-6-7-18(23)19(24)12-17/h5-8,11-12,14H,3-4,9-10,13H2,1-2H3,(H,25,28). The second-order valence-electron chi connectivity index (χ2n) is 7.52. The van der Waals surface area contributed by atoms with E-state index in [9.17, 15) is 9.59 Å². The molecule has 0 bridgehead atoms. The van der Waals surface area contributed by atoms with Crippen molar-refractivity contribution < 1.29 is 9.59 Å². The predicted octanol–water partition coefficient (Wildman–Crippen LogP) is 5.25. The Kier molecular flexibility index (Phi) is 6.63. The van der Waals surface area contributed by atoms with Gasteiger partial charge in [0.15, 0.2) is 0 Å². The topological polar surface area (TPSA) is 49.4 Å². The minimum Gasteiger partial charge on any atom is -0.348 e. The SMILES string of the molecule is CC(C)CC(=O)N1CCCc2cc(CNC(=O)c3ccc(Cl)c(Cl)c3)ccc21. The molecule has 1 aliphatic heterocycles. The van der Waals surface area contributed by atoms with Gasteiger partial charge in [-0.05, 0) is 54.2 Å². The molecule has 148 valence electrons. The number of rotatable bonds is 5. The van der Waals surface area contributed by atoms with Crippen molar-refractivity contribution in [3.8, 4) is 0 Å². The van der Waals surface area contributed by atoms with Gasteiger partial charge < -0.3 is 10.2 Å². The second kappa shape index (κ2) is 8.97. The van der Waals surface area contributed by atoms with Crippen molar-refractivity contribution in [1.82, 2.24) is 5.32 Å². The van der Waals surface area contributed by atoms with Gasteiger partial charge in [-0.25, -0.2) is 0 Å². The van der Waals surface area contributed by atoms with Crippen molar-refractivity contribution in [3.63, 3.8) is 0 Å². The molecule has 0 unspecified atom stereocenters. The van der Waals surface area contributed by atoms with Crippen LogP contribution in [0.5, 0.6) is 0 Å². The molecule has 2 aromatic rings. The van der Waals surface area contributed by atoms with E-state index < -0.39 is 0 Å². The number of amides is 2. The molecule has 2 amide bonds. The third-order valence-electron chi connectivity index (χ3n) is 4.78. The van der Waals surface area contributed by atoms with Crippen LogP contribution < -0.4 is 10.2 Å². The van der Waals surface area contributed by atoms with Crippen LogP contribution in [0.1, 0.15) is 48.2 Å². The lowest BCUT2D eigenvalue weighted by Crippen LogP contribution is -2.36. The fourth-order valence-electron chi connectivity index (χ4n) is 3.40. The van der Waals surface area contributed by atoms with Crippen LogP contribution in [0.2, 0.25) is 10.0 Å². The van der Waals surface area contributed by atoms with Crippen LogP contribution in [0, 0.1) is 5.92 Å². The molecule has 4 nitrogen and oxygen atoms in total. The summed E-state index contributed by atoms with van der Waals surface area (Å²) in [5.41, 5.74) is 3.63. The first kappa shape index (κ1) is 20.7. The number of hydrogen-bond acceptors (Lipinski definition) is 2. The highest BCUT2D eigenvalue weighted by atomic mass is 35.5. The van der Waals surface area contributed by atoms with Gasteiger partial charge in [0.25, 0.3) is 5.91 Å². The van der Waals surface area contributed by atoms with E-state index in [1.54, 1.807) is 18.2 Å². The van der Waals surface area contributed by atoms with Crippen LogP contribution in [0.4, 0.5) is 5.69 Å². The molecular weight excluding hydrogens is 395 g/mol. The molecule has 0 saturated carbocycles. The number of nitrogens with zero attached hydrogens (tertiary/aromatic N) is 1. The van der Waals surface area contributed by atoms with E-state index in [1.165, 1.54) is 0 Å². The molecule has 0 radical (unpaired) electrons. The zero-order valence-corrected chi connectivity index (χ0v) is 17.6. The minimum absolute atomic E-state index is 0.177. The van der Waals surface area contributed by atoms with Crippen molar-refractivity contribution in [3.05, 3.63) is 63.1 Å². The summed E-state index contributed by atoms with van der Waals surface area (Å²) in [6.07, 6.45) is 2.45. The van der Waals surface area contributed by atoms with Crippen LogP contribution in [0.25, 0.3) is 0 Å². The summed E-state index contributed by atoms with van der Waals surface area (Å²) in [5, 5.41) is 3.68. The van der Waals surface area contributed by atoms with Crippen LogP contribution in [-0.4, -0.2) is 18.4 Å². The van der Waals surface area contributed by atoms with Gasteiger partial charge in [0.05, 0.1) is 10.0 Å². The van der Waals surface area contributed by atoms with Crippen LogP contribution >= 0.6 is 23.2 Å². The summed E-state index contributed by atoms with van der Waals surface area (Å²) in [6, 6.07) is 10.9. The summed E-state index contributed by atoms with van der Waals surface area (Å²) in [4.78, 5) is 26.8. The Hall–Kier alpha value is -2.04. The number of fused-ring (bicyclic) bond motifs is 1. The Morgan fingerprint density at radius 3 is 2.61 bits per heavy atom. The van der Waals surface area contributed by atoms with Crippen LogP contribution in [0.15, 0.2) is 36.4 Å². The number of halogens is 2. The summed E-state index contributed by atoms with van der Waals surface area (Å²) in [7, 11) is 0. The lowest BCUT2D eigenvalue weighted by Gasteiger charge is -2.30. The summed E-state index contributed by atoms with van der Waals surface area (Å²) < 4.78 is 0. The van der Waals surface area contributed by atoms with E-state index >= 15 is 0 Å². The number of benzene rings is 2. The summed E-state index contributed by atoms with van der Waals surface area (Å²) >= 11 is 11.9. The first-order chi connectivity index (χ1) is 13.3. The number of carbonyl (C=O) groups excluding carboxylic acids is 2. The van der Waals surface area contributed by atoms with E-state index in [4.69, 9.17) is 23.2 Å². The van der Waals surface area contributed by atoms with Crippen molar-refractivity contribution in [2.24, 2.45) is 5.92 Å². The van der Waals surface area contributed by atoms with Gasteiger partial charge in [-0.1, -0.05) is 49.2 Å². The fourth-order valence-corrected chi connectivity index (χ4v) is 3.70. The smallest absolute Gasteiger partial charge is 0.251 e. The third-order valence-corrected chi connectivity index (χ3v) is 5.52. The van der Waals surface area contributed by atoms with Gasteiger partial charge in [-0.3, -0.25) is 9.59 Å². The van der Waals surface area contributed by atoms with Gasteiger partial charge in [0.1, 0.15) is 0 Å². The molecule has 3 rings (SSSR count). The molecule has 0 aliphatic carbocycles. The Bertz CT molecular complexity index is 896. The van der Waals surface area contributed by atoms with Gasteiger partial charge in [-0.2, -0.15) is 0 Å². The molecule has 0 saturated heterocycles. The molecule has 0 aromatic heterocycles. The number of anilines is 1. The molecule has 28 heavy (non-hydrogen) atoms. The van der Waals surface area contributed by atoms with E-state index in [0.717, 1.165) is 36.2 Å². The molecule has 0 fully saturated rings. The summed E-state index contributed by atoms with van der Waals surface area (Å²) in [5.74, 6) is 0.315. The predicted molar refractivity (Wildman–Crippen MR) is 114 cm³/mol. The largest absolute Gasteiger partial charge is 0.348 e. The lowest BCUT2D eigenvalue weighted by atomic mass is 9.98. The Labute approximate surface area is 175 Å². The molecule has 0 spiro atoms. The maximum Gasteiger partial charge on any atom is 0.251 e. The normalized spacial score (nSPS) is 13.4. The Balaban J connectivity index is 1.69. The zero-order valence-electron chi connectivity index (χ0n) is 16.1. The Morgan fingerprint density at radius 2 is 1.89 bits per heavy atom. The maximum atomic E-state index is 12.5. The molecule has 1 N–H and O–H groups in total. The number of nitrogens with one attached hydrogen (secondary N) is 1. The summed E-state index contributed by atoms with van der Waals surface area (Å²) in [6.45, 7) is 5.29. The molecule has 1 aliphatic rings. The van der Waals surface area contributed by atoms with E-state index in [0.29, 0.717) is 34.5 Å². The van der Waals surface area contributed by atoms with Crippen molar-refractivity contribution in [2.75, 3.05) is 11.4 Å². The number of carbonyl (C=O) groups is 2. The van der Waals surface area contributed by atoms with E-state index in [1.807, 2.05) is 17.0 Å². The highest BCUT2D eigenvalue weighted by Gasteiger charge is 2.23. The average molecular weight is 419 g/mol. The Morgan fingerprint density at radius 1 is 1.11 bits per heavy atom. The zero-order chi connectivity index (χ0) is 20.3. The quantitative estimate of drug-likeness (QED) is 0.720. The van der Waals surface area contributed by atoms with Crippen LogP contribution in [-0.2, 0) is 17.8 Å². The van der Waals surface area contributed by atoms with Crippen molar-refractivity contribution in [1.29, 1.82) is 0 Å². The van der Waals surface area contributed by atoms with Crippen molar-refractivity contribution >= 4 is 40.7 Å². The van der Waals surface area contributed by atoms with Crippen molar-refractivity contribution in [2.45, 2.75) is 39.7 Å². The first-order valence-electron chi connectivity index (χ1n) is 9.50. The number of aryl methyl sites for hydroxylation is 1. The van der Waals surface area contributed by atoms with E-state index in [2.05, 4.69) is 25.2 Å².